The normalized spacial score (nSPS) is 41.3. The van der Waals surface area contributed by atoms with Gasteiger partial charge in [0.05, 0.1) is 6.07 Å². The molecular weight excluding hydrogens is 192 g/mol. The average molecular weight is 210 g/mol. The Bertz CT molecular complexity index is 281. The molecule has 2 rings (SSSR count). The summed E-state index contributed by atoms with van der Waals surface area (Å²) in [5, 5.41) is 9.32. The largest absolute Gasteiger partial charge is 0.399 e. The van der Waals surface area contributed by atoms with Crippen molar-refractivity contribution in [3.63, 3.8) is 0 Å². The van der Waals surface area contributed by atoms with Crippen LogP contribution in [0.3, 0.4) is 0 Å². The Balaban J connectivity index is 2.17. The molecule has 3 atom stereocenters. The lowest BCUT2D eigenvalue weighted by atomic mass is 9.89. The van der Waals surface area contributed by atoms with Crippen LogP contribution in [0.2, 0.25) is 19.6 Å². The van der Waals surface area contributed by atoms with Gasteiger partial charge in [0, 0.05) is 19.0 Å². The second kappa shape index (κ2) is 3.06. The molecule has 0 aromatic carbocycles. The molecule has 0 N–H and O–H groups in total. The summed E-state index contributed by atoms with van der Waals surface area (Å²) in [6.07, 6.45) is 1.14. The van der Waals surface area contributed by atoms with E-state index in [1.165, 1.54) is 0 Å². The molecular formula is C10H18N2OSi. The van der Waals surface area contributed by atoms with E-state index in [0.29, 0.717) is 5.92 Å². The molecule has 3 nitrogen and oxygen atoms in total. The quantitative estimate of drug-likeness (QED) is 0.647. The summed E-state index contributed by atoms with van der Waals surface area (Å²) in [6.45, 7) is 9.54. The molecule has 0 spiro atoms. The van der Waals surface area contributed by atoms with Gasteiger partial charge in [-0.05, 0) is 32.6 Å². The minimum atomic E-state index is -1.60. The van der Waals surface area contributed by atoms with E-state index in [9.17, 15) is 5.26 Å². The zero-order valence-electron chi connectivity index (χ0n) is 9.21. The Hall–Kier alpha value is -0.373. The Morgan fingerprint density at radius 2 is 2.21 bits per heavy atom. The third-order valence-electron chi connectivity index (χ3n) is 3.07. The van der Waals surface area contributed by atoms with Crippen molar-refractivity contribution in [3.8, 4) is 6.07 Å². The topological polar surface area (TPSA) is 36.3 Å². The number of nitriles is 1. The summed E-state index contributed by atoms with van der Waals surface area (Å²) in [7, 11) is -1.60. The molecule has 78 valence electrons. The lowest BCUT2D eigenvalue weighted by Gasteiger charge is -2.36. The van der Waals surface area contributed by atoms with E-state index in [-0.39, 0.29) is 0 Å². The van der Waals surface area contributed by atoms with Gasteiger partial charge < -0.3 is 4.43 Å². The van der Waals surface area contributed by atoms with Gasteiger partial charge in [-0.25, -0.2) is 0 Å². The van der Waals surface area contributed by atoms with Crippen molar-refractivity contribution >= 4 is 8.32 Å². The SMILES string of the molecule is C[Si](C)(C)OC1(C#N)CN2CCC1C2. The van der Waals surface area contributed by atoms with Gasteiger partial charge in [-0.2, -0.15) is 5.26 Å². The van der Waals surface area contributed by atoms with Crippen LogP contribution in [0.25, 0.3) is 0 Å². The number of piperidine rings is 1. The third-order valence-corrected chi connectivity index (χ3v) is 4.04. The van der Waals surface area contributed by atoms with Gasteiger partial charge in [-0.15, -0.1) is 0 Å². The van der Waals surface area contributed by atoms with Gasteiger partial charge >= 0.3 is 0 Å². The number of hydrogen-bond donors (Lipinski definition) is 0. The van der Waals surface area contributed by atoms with Gasteiger partial charge in [0.2, 0.25) is 0 Å². The molecule has 2 saturated heterocycles. The zero-order chi connectivity index (χ0) is 10.4. The molecule has 2 fully saturated rings. The Labute approximate surface area is 86.8 Å². The van der Waals surface area contributed by atoms with Crippen molar-refractivity contribution in [1.82, 2.24) is 4.90 Å². The van der Waals surface area contributed by atoms with Crippen molar-refractivity contribution in [2.24, 2.45) is 5.92 Å². The highest BCUT2D eigenvalue weighted by atomic mass is 28.4. The molecule has 0 saturated carbocycles. The molecule has 0 amide bonds. The van der Waals surface area contributed by atoms with Crippen LogP contribution in [0.5, 0.6) is 0 Å². The molecule has 0 aliphatic carbocycles. The minimum absolute atomic E-state index is 0.458. The summed E-state index contributed by atoms with van der Waals surface area (Å²) < 4.78 is 6.11. The highest BCUT2D eigenvalue weighted by Crippen LogP contribution is 2.40. The van der Waals surface area contributed by atoms with Gasteiger partial charge in [0.25, 0.3) is 0 Å². The first kappa shape index (κ1) is 10.2. The lowest BCUT2D eigenvalue weighted by molar-refractivity contribution is 0.0665. The number of rotatable bonds is 2. The van der Waals surface area contributed by atoms with Gasteiger partial charge in [0.1, 0.15) is 0 Å². The predicted molar refractivity (Wildman–Crippen MR) is 57.3 cm³/mol. The number of nitrogens with zero attached hydrogens (tertiary/aromatic N) is 2. The van der Waals surface area contributed by atoms with Gasteiger partial charge in [-0.1, -0.05) is 0 Å². The van der Waals surface area contributed by atoms with Crippen molar-refractivity contribution in [1.29, 1.82) is 5.26 Å². The van der Waals surface area contributed by atoms with Crippen LogP contribution >= 0.6 is 0 Å². The van der Waals surface area contributed by atoms with E-state index >= 15 is 0 Å². The fourth-order valence-corrected chi connectivity index (χ4v) is 4.00. The summed E-state index contributed by atoms with van der Waals surface area (Å²) in [5.41, 5.74) is -0.470. The van der Waals surface area contributed by atoms with Crippen LogP contribution in [-0.2, 0) is 4.43 Å². The maximum atomic E-state index is 9.32. The van der Waals surface area contributed by atoms with Crippen molar-refractivity contribution < 1.29 is 4.43 Å². The lowest BCUT2D eigenvalue weighted by Crippen LogP contribution is -2.49. The Morgan fingerprint density at radius 3 is 2.57 bits per heavy atom. The van der Waals surface area contributed by atoms with Gasteiger partial charge in [0.15, 0.2) is 13.9 Å². The second-order valence-electron chi connectivity index (χ2n) is 5.44. The van der Waals surface area contributed by atoms with Crippen LogP contribution < -0.4 is 0 Å². The average Bonchev–Trinajstić information content (AvgIpc) is 2.60. The third kappa shape index (κ3) is 1.60. The summed E-state index contributed by atoms with van der Waals surface area (Å²) in [6, 6.07) is 2.44. The molecule has 0 aromatic rings. The van der Waals surface area contributed by atoms with E-state index in [4.69, 9.17) is 4.43 Å². The molecule has 4 heteroatoms. The molecule has 0 radical (unpaired) electrons. The van der Waals surface area contributed by atoms with Gasteiger partial charge in [-0.3, -0.25) is 4.90 Å². The number of fused-ring (bicyclic) bond motifs is 2. The molecule has 2 bridgehead atoms. The number of hydrogen-bond acceptors (Lipinski definition) is 3. The van der Waals surface area contributed by atoms with E-state index in [2.05, 4.69) is 30.6 Å². The fourth-order valence-electron chi connectivity index (χ4n) is 2.63. The molecule has 0 aromatic heterocycles. The molecule has 14 heavy (non-hydrogen) atoms. The maximum Gasteiger partial charge on any atom is 0.185 e. The van der Waals surface area contributed by atoms with Crippen LogP contribution in [-0.4, -0.2) is 38.5 Å². The smallest absolute Gasteiger partial charge is 0.185 e. The Kier molecular flexibility index (Phi) is 2.22. The molecule has 3 unspecified atom stereocenters. The highest BCUT2D eigenvalue weighted by Gasteiger charge is 2.53. The first-order valence-electron chi connectivity index (χ1n) is 5.29. The monoisotopic (exact) mass is 210 g/mol. The predicted octanol–water partition coefficient (Wildman–Crippen LogP) is 1.44. The summed E-state index contributed by atoms with van der Waals surface area (Å²) in [4.78, 5) is 2.36. The van der Waals surface area contributed by atoms with Crippen molar-refractivity contribution in [2.45, 2.75) is 31.7 Å². The van der Waals surface area contributed by atoms with Crippen LogP contribution in [0, 0.1) is 17.2 Å². The second-order valence-corrected chi connectivity index (χ2v) is 9.87. The Morgan fingerprint density at radius 1 is 1.50 bits per heavy atom. The van der Waals surface area contributed by atoms with E-state index in [0.717, 1.165) is 26.1 Å². The molecule has 2 heterocycles. The fraction of sp³-hybridized carbons (Fsp3) is 0.900. The van der Waals surface area contributed by atoms with E-state index in [1.807, 2.05) is 0 Å². The van der Waals surface area contributed by atoms with Crippen molar-refractivity contribution in [2.75, 3.05) is 19.6 Å². The standard InChI is InChI=1S/C10H18N2OSi/c1-14(2,3)13-10(7-11)8-12-5-4-9(10)6-12/h9H,4-6,8H2,1-3H3. The molecule has 2 aliphatic heterocycles. The first-order valence-corrected chi connectivity index (χ1v) is 8.70. The van der Waals surface area contributed by atoms with Crippen LogP contribution in [0.15, 0.2) is 0 Å². The highest BCUT2D eigenvalue weighted by molar-refractivity contribution is 6.69. The van der Waals surface area contributed by atoms with E-state index < -0.39 is 13.9 Å². The van der Waals surface area contributed by atoms with Crippen molar-refractivity contribution in [3.05, 3.63) is 0 Å². The minimum Gasteiger partial charge on any atom is -0.399 e. The van der Waals surface area contributed by atoms with Crippen LogP contribution in [0.1, 0.15) is 6.42 Å². The summed E-state index contributed by atoms with van der Waals surface area (Å²) >= 11 is 0. The van der Waals surface area contributed by atoms with Crippen LogP contribution in [0.4, 0.5) is 0 Å². The molecule has 2 aliphatic rings. The summed E-state index contributed by atoms with van der Waals surface area (Å²) in [5.74, 6) is 0.458. The van der Waals surface area contributed by atoms with E-state index in [1.54, 1.807) is 0 Å². The zero-order valence-corrected chi connectivity index (χ0v) is 10.2. The maximum absolute atomic E-state index is 9.32. The first-order chi connectivity index (χ1) is 6.45.